The van der Waals surface area contributed by atoms with Crippen LogP contribution in [0.5, 0.6) is 0 Å². The molecule has 0 atom stereocenters. The van der Waals surface area contributed by atoms with Crippen molar-refractivity contribution >= 4 is 5.78 Å². The van der Waals surface area contributed by atoms with Crippen molar-refractivity contribution in [2.75, 3.05) is 0 Å². The normalized spacial score (nSPS) is 23.6. The average Bonchev–Trinajstić information content (AvgIpc) is 2.85. The van der Waals surface area contributed by atoms with Crippen molar-refractivity contribution in [3.05, 3.63) is 35.5 Å². The lowest BCUT2D eigenvalue weighted by atomic mass is 9.82. The molecule has 0 radical (unpaired) electrons. The topological polar surface area (TPSA) is 17.1 Å². The second-order valence-electron chi connectivity index (χ2n) is 4.31. The minimum Gasteiger partial charge on any atom is -0.290 e. The molecule has 0 aromatic rings. The molecule has 74 valence electrons. The fourth-order valence-corrected chi connectivity index (χ4v) is 2.36. The molecule has 2 aliphatic carbocycles. The van der Waals surface area contributed by atoms with Gasteiger partial charge >= 0.3 is 0 Å². The quantitative estimate of drug-likeness (QED) is 0.608. The van der Waals surface area contributed by atoms with Crippen LogP contribution in [-0.4, -0.2) is 5.78 Å². The Morgan fingerprint density at radius 2 is 2.21 bits per heavy atom. The largest absolute Gasteiger partial charge is 0.290 e. The van der Waals surface area contributed by atoms with E-state index in [4.69, 9.17) is 0 Å². The van der Waals surface area contributed by atoms with Crippen LogP contribution in [0, 0.1) is 5.41 Å². The van der Waals surface area contributed by atoms with Gasteiger partial charge in [-0.05, 0) is 44.8 Å². The molecule has 0 saturated heterocycles. The maximum atomic E-state index is 11.9. The number of hydrogen-bond acceptors (Lipinski definition) is 1. The van der Waals surface area contributed by atoms with Crippen LogP contribution in [0.1, 0.15) is 33.1 Å². The maximum absolute atomic E-state index is 11.9. The summed E-state index contributed by atoms with van der Waals surface area (Å²) in [6.07, 6.45) is 11.2. The highest BCUT2D eigenvalue weighted by Crippen LogP contribution is 2.57. The maximum Gasteiger partial charge on any atom is 0.182 e. The first-order valence-electron chi connectivity index (χ1n) is 5.24. The van der Waals surface area contributed by atoms with Crippen LogP contribution in [0.3, 0.4) is 0 Å². The second kappa shape index (κ2) is 3.23. The van der Waals surface area contributed by atoms with Gasteiger partial charge in [0.05, 0.1) is 0 Å². The summed E-state index contributed by atoms with van der Waals surface area (Å²) in [6, 6.07) is 0. The summed E-state index contributed by atoms with van der Waals surface area (Å²) >= 11 is 0. The minimum absolute atomic E-state index is 0.215. The smallest absolute Gasteiger partial charge is 0.182 e. The number of carbonyl (C=O) groups is 1. The van der Waals surface area contributed by atoms with Crippen molar-refractivity contribution in [2.24, 2.45) is 5.41 Å². The van der Waals surface area contributed by atoms with Crippen LogP contribution in [0.4, 0.5) is 0 Å². The Morgan fingerprint density at radius 1 is 1.50 bits per heavy atom. The van der Waals surface area contributed by atoms with Gasteiger partial charge < -0.3 is 0 Å². The van der Waals surface area contributed by atoms with Gasteiger partial charge in [-0.15, -0.1) is 0 Å². The van der Waals surface area contributed by atoms with Gasteiger partial charge in [-0.25, -0.2) is 0 Å². The standard InChI is InChI=1S/C13H16O/c1-3-5-11(14)12-10(2)6-4-7-13(12)8-9-13/h3-6H,7-9H2,1-2H3. The van der Waals surface area contributed by atoms with E-state index in [-0.39, 0.29) is 11.2 Å². The Kier molecular flexibility index (Phi) is 2.18. The van der Waals surface area contributed by atoms with E-state index in [1.165, 1.54) is 12.8 Å². The van der Waals surface area contributed by atoms with Crippen molar-refractivity contribution in [3.63, 3.8) is 0 Å². The predicted octanol–water partition coefficient (Wildman–Crippen LogP) is 3.19. The summed E-state index contributed by atoms with van der Waals surface area (Å²) in [6.45, 7) is 3.94. The lowest BCUT2D eigenvalue weighted by Gasteiger charge is -2.21. The molecule has 0 amide bonds. The van der Waals surface area contributed by atoms with Gasteiger partial charge in [0.15, 0.2) is 5.78 Å². The van der Waals surface area contributed by atoms with E-state index in [2.05, 4.69) is 12.2 Å². The number of ketones is 1. The van der Waals surface area contributed by atoms with Crippen LogP contribution >= 0.6 is 0 Å². The van der Waals surface area contributed by atoms with Crippen molar-refractivity contribution in [1.82, 2.24) is 0 Å². The monoisotopic (exact) mass is 188 g/mol. The minimum atomic E-state index is 0.215. The molecule has 1 nitrogen and oxygen atoms in total. The first-order valence-corrected chi connectivity index (χ1v) is 5.24. The van der Waals surface area contributed by atoms with Gasteiger partial charge in [-0.3, -0.25) is 4.79 Å². The summed E-state index contributed by atoms with van der Waals surface area (Å²) in [5.41, 5.74) is 2.46. The number of carbonyl (C=O) groups excluding carboxylic acids is 1. The molecule has 1 saturated carbocycles. The zero-order chi connectivity index (χ0) is 10.2. The Morgan fingerprint density at radius 3 is 2.79 bits per heavy atom. The number of rotatable bonds is 2. The molecule has 2 rings (SSSR count). The van der Waals surface area contributed by atoms with Crippen LogP contribution in [0.2, 0.25) is 0 Å². The third-order valence-electron chi connectivity index (χ3n) is 3.22. The molecule has 0 aliphatic heterocycles. The zero-order valence-corrected chi connectivity index (χ0v) is 8.84. The van der Waals surface area contributed by atoms with E-state index >= 15 is 0 Å². The fraction of sp³-hybridized carbons (Fsp3) is 0.462. The average molecular weight is 188 g/mol. The summed E-state index contributed by atoms with van der Waals surface area (Å²) in [5.74, 6) is 0.215. The third-order valence-corrected chi connectivity index (χ3v) is 3.22. The van der Waals surface area contributed by atoms with Crippen LogP contribution in [-0.2, 0) is 4.79 Å². The van der Waals surface area contributed by atoms with Gasteiger partial charge in [0.25, 0.3) is 0 Å². The molecule has 1 fully saturated rings. The Balaban J connectivity index is 2.37. The van der Waals surface area contributed by atoms with Crippen molar-refractivity contribution in [3.8, 4) is 0 Å². The number of hydrogen-bond donors (Lipinski definition) is 0. The summed E-state index contributed by atoms with van der Waals surface area (Å²) in [5, 5.41) is 0. The molecule has 2 aliphatic rings. The van der Waals surface area contributed by atoms with E-state index in [0.717, 1.165) is 17.6 Å². The molecular weight excluding hydrogens is 172 g/mol. The molecule has 14 heavy (non-hydrogen) atoms. The zero-order valence-electron chi connectivity index (χ0n) is 8.84. The molecule has 0 aromatic carbocycles. The molecule has 0 N–H and O–H groups in total. The fourth-order valence-electron chi connectivity index (χ4n) is 2.36. The van der Waals surface area contributed by atoms with Gasteiger partial charge in [0, 0.05) is 11.0 Å². The van der Waals surface area contributed by atoms with Crippen LogP contribution < -0.4 is 0 Å². The number of allylic oxidation sites excluding steroid dienone is 6. The van der Waals surface area contributed by atoms with Crippen molar-refractivity contribution < 1.29 is 4.79 Å². The molecule has 0 bridgehead atoms. The molecule has 0 aromatic heterocycles. The summed E-state index contributed by atoms with van der Waals surface area (Å²) in [7, 11) is 0. The Bertz CT molecular complexity index is 351. The Labute approximate surface area is 85.2 Å². The molecule has 0 unspecified atom stereocenters. The van der Waals surface area contributed by atoms with Crippen LogP contribution in [0.25, 0.3) is 0 Å². The highest BCUT2D eigenvalue weighted by Gasteiger charge is 2.48. The predicted molar refractivity (Wildman–Crippen MR) is 57.9 cm³/mol. The first kappa shape index (κ1) is 9.45. The first-order chi connectivity index (χ1) is 6.69. The van der Waals surface area contributed by atoms with Crippen molar-refractivity contribution in [2.45, 2.75) is 33.1 Å². The second-order valence-corrected chi connectivity index (χ2v) is 4.31. The van der Waals surface area contributed by atoms with E-state index in [1.807, 2.05) is 19.9 Å². The Hall–Kier alpha value is -1.11. The molecular formula is C13H16O. The van der Waals surface area contributed by atoms with Gasteiger partial charge in [0.2, 0.25) is 0 Å². The summed E-state index contributed by atoms with van der Waals surface area (Å²) < 4.78 is 0. The van der Waals surface area contributed by atoms with E-state index < -0.39 is 0 Å². The van der Waals surface area contributed by atoms with Gasteiger partial charge in [0.1, 0.15) is 0 Å². The molecule has 1 heteroatoms. The van der Waals surface area contributed by atoms with E-state index in [9.17, 15) is 4.79 Å². The van der Waals surface area contributed by atoms with Crippen molar-refractivity contribution in [1.29, 1.82) is 0 Å². The molecule has 0 heterocycles. The van der Waals surface area contributed by atoms with E-state index in [1.54, 1.807) is 6.08 Å². The third kappa shape index (κ3) is 1.37. The summed E-state index contributed by atoms with van der Waals surface area (Å²) in [4.78, 5) is 11.9. The van der Waals surface area contributed by atoms with Gasteiger partial charge in [-0.1, -0.05) is 18.2 Å². The van der Waals surface area contributed by atoms with E-state index in [0.29, 0.717) is 0 Å². The highest BCUT2D eigenvalue weighted by molar-refractivity contribution is 6.06. The van der Waals surface area contributed by atoms with Gasteiger partial charge in [-0.2, -0.15) is 0 Å². The molecule has 1 spiro atoms. The SMILES string of the molecule is CC=CC(=O)C1=C(C)C=CCC12CC2. The lowest BCUT2D eigenvalue weighted by molar-refractivity contribution is -0.112. The highest BCUT2D eigenvalue weighted by atomic mass is 16.1. The lowest BCUT2D eigenvalue weighted by Crippen LogP contribution is -2.16. The van der Waals surface area contributed by atoms with Crippen LogP contribution in [0.15, 0.2) is 35.5 Å².